The molecule has 122 valence electrons. The highest BCUT2D eigenvalue weighted by molar-refractivity contribution is 7.10. The Balaban J connectivity index is 1.86. The third-order valence-corrected chi connectivity index (χ3v) is 5.68. The molecule has 2 aliphatic rings. The van der Waals surface area contributed by atoms with Gasteiger partial charge in [0.1, 0.15) is 5.60 Å². The van der Waals surface area contributed by atoms with E-state index in [-0.39, 0.29) is 17.7 Å². The third kappa shape index (κ3) is 2.76. The predicted octanol–water partition coefficient (Wildman–Crippen LogP) is 3.51. The van der Waals surface area contributed by atoms with Crippen LogP contribution in [0.5, 0.6) is 0 Å². The van der Waals surface area contributed by atoms with Gasteiger partial charge in [0.15, 0.2) is 0 Å². The summed E-state index contributed by atoms with van der Waals surface area (Å²) in [7, 11) is 0. The van der Waals surface area contributed by atoms with Crippen molar-refractivity contribution in [3.8, 4) is 0 Å². The van der Waals surface area contributed by atoms with Crippen LogP contribution in [0.1, 0.15) is 51.0 Å². The van der Waals surface area contributed by atoms with Crippen LogP contribution < -0.4 is 5.32 Å². The lowest BCUT2D eigenvalue weighted by molar-refractivity contribution is 0.0129. The average Bonchev–Trinajstić information content (AvgIpc) is 3.06. The molecule has 0 aromatic carbocycles. The fourth-order valence-electron chi connectivity index (χ4n) is 3.73. The van der Waals surface area contributed by atoms with E-state index in [0.29, 0.717) is 0 Å². The Morgan fingerprint density at radius 1 is 1.50 bits per heavy atom. The molecule has 2 unspecified atom stereocenters. The van der Waals surface area contributed by atoms with E-state index in [2.05, 4.69) is 23.7 Å². The number of fused-ring (bicyclic) bond motifs is 1. The van der Waals surface area contributed by atoms with Gasteiger partial charge in [-0.15, -0.1) is 11.3 Å². The molecule has 5 heteroatoms. The van der Waals surface area contributed by atoms with Crippen molar-refractivity contribution < 1.29 is 9.53 Å². The lowest BCUT2D eigenvalue weighted by Gasteiger charge is -2.44. The van der Waals surface area contributed by atoms with Crippen LogP contribution in [0.4, 0.5) is 4.79 Å². The smallest absolute Gasteiger partial charge is 0.410 e. The molecule has 1 saturated heterocycles. The monoisotopic (exact) mass is 322 g/mol. The minimum absolute atomic E-state index is 0.163. The molecule has 0 aliphatic carbocycles. The molecule has 2 atom stereocenters. The van der Waals surface area contributed by atoms with Crippen molar-refractivity contribution in [2.75, 3.05) is 13.1 Å². The Hall–Kier alpha value is -1.07. The van der Waals surface area contributed by atoms with Crippen molar-refractivity contribution >= 4 is 17.4 Å². The highest BCUT2D eigenvalue weighted by Gasteiger charge is 2.47. The van der Waals surface area contributed by atoms with Crippen molar-refractivity contribution in [1.82, 2.24) is 10.2 Å². The number of amides is 1. The number of likely N-dealkylation sites (tertiary alicyclic amines) is 1. The van der Waals surface area contributed by atoms with Crippen LogP contribution in [0.25, 0.3) is 0 Å². The molecule has 1 aromatic heterocycles. The molecule has 22 heavy (non-hydrogen) atoms. The van der Waals surface area contributed by atoms with Gasteiger partial charge in [-0.05, 0) is 64.0 Å². The summed E-state index contributed by atoms with van der Waals surface area (Å²) in [5, 5.41) is 5.85. The number of ether oxygens (including phenoxy) is 1. The number of hydrogen-bond donors (Lipinski definition) is 1. The van der Waals surface area contributed by atoms with Crippen molar-refractivity contribution in [2.24, 2.45) is 0 Å². The predicted molar refractivity (Wildman–Crippen MR) is 89.3 cm³/mol. The molecule has 0 radical (unpaired) electrons. The van der Waals surface area contributed by atoms with E-state index in [9.17, 15) is 4.79 Å². The Morgan fingerprint density at radius 2 is 2.27 bits per heavy atom. The highest BCUT2D eigenvalue weighted by Crippen LogP contribution is 2.40. The summed E-state index contributed by atoms with van der Waals surface area (Å²) in [6.45, 7) is 9.78. The maximum atomic E-state index is 12.6. The lowest BCUT2D eigenvalue weighted by atomic mass is 9.80. The summed E-state index contributed by atoms with van der Waals surface area (Å²) >= 11 is 1.83. The Kier molecular flexibility index (Phi) is 3.98. The topological polar surface area (TPSA) is 41.6 Å². The first kappa shape index (κ1) is 15.8. The summed E-state index contributed by atoms with van der Waals surface area (Å²) < 4.78 is 5.62. The first-order valence-corrected chi connectivity index (χ1v) is 9.01. The zero-order valence-corrected chi connectivity index (χ0v) is 14.8. The molecule has 0 saturated carbocycles. The minimum atomic E-state index is -0.446. The van der Waals surface area contributed by atoms with Gasteiger partial charge >= 0.3 is 6.09 Å². The van der Waals surface area contributed by atoms with Crippen LogP contribution in [0.3, 0.4) is 0 Å². The molecule has 1 aromatic rings. The van der Waals surface area contributed by atoms with Gasteiger partial charge < -0.3 is 15.0 Å². The van der Waals surface area contributed by atoms with E-state index in [1.165, 1.54) is 10.4 Å². The van der Waals surface area contributed by atoms with Crippen LogP contribution in [0, 0.1) is 0 Å². The number of thiophene rings is 1. The zero-order valence-electron chi connectivity index (χ0n) is 13.9. The van der Waals surface area contributed by atoms with Crippen LogP contribution in [-0.4, -0.2) is 35.7 Å². The summed E-state index contributed by atoms with van der Waals surface area (Å²) in [5.74, 6) is 0. The van der Waals surface area contributed by atoms with Crippen molar-refractivity contribution in [3.63, 3.8) is 0 Å². The summed E-state index contributed by atoms with van der Waals surface area (Å²) in [6.07, 6.45) is 2.97. The zero-order chi connectivity index (χ0) is 16.0. The third-order valence-electron chi connectivity index (χ3n) is 4.70. The second kappa shape index (κ2) is 5.53. The standard InChI is InChI=1S/C17H26N2O2S/c1-16(2,3)21-15(20)19-10-5-6-14(19)17(4)12-8-11-22-13(12)7-9-18-17/h8,11,14,18H,5-7,9-10H2,1-4H3. The largest absolute Gasteiger partial charge is 0.444 e. The first-order chi connectivity index (χ1) is 10.3. The van der Waals surface area contributed by atoms with Crippen molar-refractivity contribution in [2.45, 2.75) is 64.1 Å². The Morgan fingerprint density at radius 3 is 3.00 bits per heavy atom. The van der Waals surface area contributed by atoms with Crippen LogP contribution in [-0.2, 0) is 16.7 Å². The minimum Gasteiger partial charge on any atom is -0.444 e. The number of carbonyl (C=O) groups excluding carboxylic acids is 1. The molecule has 4 nitrogen and oxygen atoms in total. The van der Waals surface area contributed by atoms with E-state index in [1.54, 1.807) is 0 Å². The second-order valence-corrected chi connectivity index (χ2v) is 8.47. The van der Waals surface area contributed by atoms with Crippen LogP contribution >= 0.6 is 11.3 Å². The SMILES string of the molecule is CC(C)(C)OC(=O)N1CCCC1C1(C)NCCc2sccc21. The number of carbonyl (C=O) groups is 1. The van der Waals surface area contributed by atoms with Gasteiger partial charge in [0, 0.05) is 18.0 Å². The van der Waals surface area contributed by atoms with Gasteiger partial charge in [0.25, 0.3) is 0 Å². The van der Waals surface area contributed by atoms with Crippen LogP contribution in [0.15, 0.2) is 11.4 Å². The first-order valence-electron chi connectivity index (χ1n) is 8.13. The fraction of sp³-hybridized carbons (Fsp3) is 0.706. The molecule has 1 fully saturated rings. The molecule has 0 spiro atoms. The number of nitrogens with one attached hydrogen (secondary N) is 1. The Bertz CT molecular complexity index is 563. The molecule has 1 amide bonds. The van der Waals surface area contributed by atoms with E-state index in [0.717, 1.165) is 32.4 Å². The molecule has 3 heterocycles. The average molecular weight is 322 g/mol. The molecular formula is C17H26N2O2S. The fourth-order valence-corrected chi connectivity index (χ4v) is 4.73. The molecular weight excluding hydrogens is 296 g/mol. The Labute approximate surface area is 136 Å². The van der Waals surface area contributed by atoms with E-state index in [1.807, 2.05) is 37.0 Å². The van der Waals surface area contributed by atoms with Gasteiger partial charge in [0.2, 0.25) is 0 Å². The highest BCUT2D eigenvalue weighted by atomic mass is 32.1. The number of nitrogens with zero attached hydrogens (tertiary/aromatic N) is 1. The number of hydrogen-bond acceptors (Lipinski definition) is 4. The van der Waals surface area contributed by atoms with Crippen LogP contribution in [0.2, 0.25) is 0 Å². The molecule has 0 bridgehead atoms. The lowest BCUT2D eigenvalue weighted by Crippen LogP contribution is -2.58. The molecule has 2 aliphatic heterocycles. The maximum absolute atomic E-state index is 12.6. The second-order valence-electron chi connectivity index (χ2n) is 7.47. The molecule has 3 rings (SSSR count). The normalized spacial score (nSPS) is 28.5. The van der Waals surface area contributed by atoms with Gasteiger partial charge in [-0.2, -0.15) is 0 Å². The van der Waals surface area contributed by atoms with E-state index < -0.39 is 5.60 Å². The van der Waals surface area contributed by atoms with Gasteiger partial charge in [-0.3, -0.25) is 0 Å². The summed E-state index contributed by atoms with van der Waals surface area (Å²) in [5.41, 5.74) is 0.754. The van der Waals surface area contributed by atoms with Gasteiger partial charge in [-0.1, -0.05) is 0 Å². The van der Waals surface area contributed by atoms with Gasteiger partial charge in [-0.25, -0.2) is 4.79 Å². The van der Waals surface area contributed by atoms with Gasteiger partial charge in [0.05, 0.1) is 11.6 Å². The quantitative estimate of drug-likeness (QED) is 0.860. The van der Waals surface area contributed by atoms with E-state index >= 15 is 0 Å². The van der Waals surface area contributed by atoms with E-state index in [4.69, 9.17) is 4.74 Å². The van der Waals surface area contributed by atoms with Crippen molar-refractivity contribution in [1.29, 1.82) is 0 Å². The summed E-state index contributed by atoms with van der Waals surface area (Å²) in [4.78, 5) is 16.0. The van der Waals surface area contributed by atoms with Crippen molar-refractivity contribution in [3.05, 3.63) is 21.9 Å². The maximum Gasteiger partial charge on any atom is 0.410 e. The molecule has 1 N–H and O–H groups in total. The number of rotatable bonds is 1. The summed E-state index contributed by atoms with van der Waals surface area (Å²) in [6, 6.07) is 2.38.